The number of hydrogen-bond donors (Lipinski definition) is 3. The van der Waals surface area contributed by atoms with Gasteiger partial charge in [-0.15, -0.1) is 0 Å². The predicted octanol–water partition coefficient (Wildman–Crippen LogP) is 2.52. The summed E-state index contributed by atoms with van der Waals surface area (Å²) in [6.07, 6.45) is -5.64. The van der Waals surface area contributed by atoms with Crippen molar-refractivity contribution in [3.63, 3.8) is 0 Å². The number of sulfonamides is 1. The van der Waals surface area contributed by atoms with Gasteiger partial charge in [0.2, 0.25) is 15.6 Å². The van der Waals surface area contributed by atoms with Crippen molar-refractivity contribution in [1.29, 1.82) is 0 Å². The van der Waals surface area contributed by atoms with Crippen molar-refractivity contribution in [3.8, 4) is 5.69 Å². The Bertz CT molecular complexity index is 1530. The van der Waals surface area contributed by atoms with Crippen molar-refractivity contribution >= 4 is 45.0 Å². The molecule has 0 bridgehead atoms. The highest BCUT2D eigenvalue weighted by Crippen LogP contribution is 2.46. The van der Waals surface area contributed by atoms with Crippen molar-refractivity contribution in [2.24, 2.45) is 0 Å². The average molecular weight is 535 g/mol. The lowest BCUT2D eigenvalue weighted by molar-refractivity contribution is -0.194. The average Bonchev–Trinajstić information content (AvgIpc) is 3.02. The van der Waals surface area contributed by atoms with Crippen molar-refractivity contribution in [2.75, 3.05) is 5.32 Å². The van der Waals surface area contributed by atoms with E-state index < -0.39 is 55.2 Å². The van der Waals surface area contributed by atoms with Crippen molar-refractivity contribution < 1.29 is 26.4 Å². The number of halogens is 5. The maximum Gasteiger partial charge on any atom is 0.421 e. The first-order valence-corrected chi connectivity index (χ1v) is 11.4. The minimum Gasteiger partial charge on any atom is -0.309 e. The zero-order chi connectivity index (χ0) is 25.1. The summed E-state index contributed by atoms with van der Waals surface area (Å²) in [6, 6.07) is 9.20. The zero-order valence-electron chi connectivity index (χ0n) is 16.4. The fraction of sp³-hybridized carbons (Fsp3) is 0.105. The highest BCUT2D eigenvalue weighted by molar-refractivity contribution is 7.89. The van der Waals surface area contributed by atoms with Crippen LogP contribution in [0.25, 0.3) is 5.69 Å². The van der Waals surface area contributed by atoms with E-state index in [0.717, 1.165) is 24.3 Å². The smallest absolute Gasteiger partial charge is 0.309 e. The van der Waals surface area contributed by atoms with Crippen molar-refractivity contribution in [3.05, 3.63) is 85.0 Å². The first kappa shape index (κ1) is 24.0. The van der Waals surface area contributed by atoms with E-state index in [1.165, 1.54) is 29.0 Å². The maximum absolute atomic E-state index is 14.5. The van der Waals surface area contributed by atoms with E-state index in [1.807, 2.05) is 5.32 Å². The quantitative estimate of drug-likeness (QED) is 0.473. The van der Waals surface area contributed by atoms with Crippen molar-refractivity contribution in [1.82, 2.24) is 14.3 Å². The number of aromatic amines is 1. The summed E-state index contributed by atoms with van der Waals surface area (Å²) in [5.74, 6) is -2.77. The zero-order valence-corrected chi connectivity index (χ0v) is 18.7. The van der Waals surface area contributed by atoms with E-state index in [9.17, 15) is 36.0 Å². The van der Waals surface area contributed by atoms with Gasteiger partial charge in [-0.1, -0.05) is 23.2 Å². The molecule has 0 fully saturated rings. The monoisotopic (exact) mass is 534 g/mol. The van der Waals surface area contributed by atoms with Gasteiger partial charge in [-0.25, -0.2) is 17.8 Å². The number of amides is 1. The topological polar surface area (TPSA) is 130 Å². The van der Waals surface area contributed by atoms with Crippen LogP contribution in [0.4, 0.5) is 19.0 Å². The number of benzene rings is 2. The molecule has 1 unspecified atom stereocenters. The summed E-state index contributed by atoms with van der Waals surface area (Å²) in [4.78, 5) is 38.9. The van der Waals surface area contributed by atoms with E-state index in [4.69, 9.17) is 23.2 Å². The minimum atomic E-state index is -5.64. The minimum absolute atomic E-state index is 0.0549. The Kier molecular flexibility index (Phi) is 5.63. The molecule has 15 heteroatoms. The number of carbonyl (C=O) groups excluding carboxylic acids is 1. The van der Waals surface area contributed by atoms with Crippen LogP contribution < -0.4 is 21.3 Å². The van der Waals surface area contributed by atoms with Crippen LogP contribution in [0, 0.1) is 0 Å². The fourth-order valence-corrected chi connectivity index (χ4v) is 5.03. The number of hydrogen-bond acceptors (Lipinski definition) is 5. The van der Waals surface area contributed by atoms with Crippen LogP contribution in [-0.4, -0.2) is 30.1 Å². The molecule has 3 aromatic rings. The maximum atomic E-state index is 14.5. The molecule has 34 heavy (non-hydrogen) atoms. The standard InChI is InChI=1S/C19H11Cl2F3N4O5S/c20-9-1-5-11(6-2-9)28-14-13(15(29)26-17(28)31)18(16(30)25-14,19(22,23)24)27-34(32,33)12-7-3-10(21)4-8-12/h1-8,27H,(H,25,30)(H,26,29,31). The highest BCUT2D eigenvalue weighted by atomic mass is 35.5. The highest BCUT2D eigenvalue weighted by Gasteiger charge is 2.69. The Morgan fingerprint density at radius 2 is 1.44 bits per heavy atom. The fourth-order valence-electron chi connectivity index (χ4n) is 3.45. The third kappa shape index (κ3) is 3.70. The molecule has 1 atom stereocenters. The van der Waals surface area contributed by atoms with Gasteiger partial charge < -0.3 is 5.32 Å². The Labute approximate surface area is 198 Å². The van der Waals surface area contributed by atoms with Gasteiger partial charge in [0.15, 0.2) is 0 Å². The molecule has 3 N–H and O–H groups in total. The third-order valence-electron chi connectivity index (χ3n) is 4.98. The second-order valence-corrected chi connectivity index (χ2v) is 9.61. The van der Waals surface area contributed by atoms with Gasteiger partial charge in [-0.2, -0.15) is 17.9 Å². The number of carbonyl (C=O) groups is 1. The van der Waals surface area contributed by atoms with Gasteiger partial charge >= 0.3 is 11.9 Å². The molecule has 9 nitrogen and oxygen atoms in total. The van der Waals surface area contributed by atoms with Crippen LogP contribution >= 0.6 is 23.2 Å². The molecule has 2 heterocycles. The van der Waals surface area contributed by atoms with Gasteiger partial charge in [-0.3, -0.25) is 14.6 Å². The summed E-state index contributed by atoms with van der Waals surface area (Å²) < 4.78 is 71.0. The van der Waals surface area contributed by atoms with Crippen LogP contribution in [0.3, 0.4) is 0 Å². The molecule has 0 radical (unpaired) electrons. The molecule has 178 valence electrons. The number of nitrogens with zero attached hydrogens (tertiary/aromatic N) is 1. The lowest BCUT2D eigenvalue weighted by Crippen LogP contribution is -2.61. The molecular formula is C19H11Cl2F3N4O5S. The normalized spacial score (nSPS) is 18.0. The SMILES string of the molecule is O=C1Nc2c(c(=O)[nH]c(=O)n2-c2ccc(Cl)cc2)C1(NS(=O)(=O)c1ccc(Cl)cc1)C(F)(F)F. The predicted molar refractivity (Wildman–Crippen MR) is 116 cm³/mol. The van der Waals surface area contributed by atoms with E-state index in [-0.39, 0.29) is 15.7 Å². The molecule has 0 saturated heterocycles. The summed E-state index contributed by atoms with van der Waals surface area (Å²) in [6.45, 7) is 0. The number of aromatic nitrogens is 2. The Balaban J connectivity index is 2.01. The number of nitrogens with one attached hydrogen (secondary N) is 3. The molecule has 0 saturated carbocycles. The summed E-state index contributed by atoms with van der Waals surface area (Å²) in [5.41, 5.74) is -8.24. The lowest BCUT2D eigenvalue weighted by atomic mass is 9.93. The summed E-state index contributed by atoms with van der Waals surface area (Å²) in [5, 5.41) is 2.19. The van der Waals surface area contributed by atoms with Gasteiger partial charge in [0.25, 0.3) is 11.5 Å². The number of alkyl halides is 3. The Morgan fingerprint density at radius 1 is 0.912 bits per heavy atom. The van der Waals surface area contributed by atoms with Crippen LogP contribution in [0.1, 0.15) is 5.56 Å². The second kappa shape index (κ2) is 7.98. The Hall–Kier alpha value is -3.13. The van der Waals surface area contributed by atoms with Gasteiger partial charge in [0, 0.05) is 10.0 Å². The van der Waals surface area contributed by atoms with E-state index in [2.05, 4.69) is 0 Å². The summed E-state index contributed by atoms with van der Waals surface area (Å²) >= 11 is 11.5. The Morgan fingerprint density at radius 3 is 1.97 bits per heavy atom. The van der Waals surface area contributed by atoms with Crippen LogP contribution in [0.5, 0.6) is 0 Å². The molecule has 4 rings (SSSR count). The third-order valence-corrected chi connectivity index (χ3v) is 6.95. The molecule has 1 aliphatic heterocycles. The first-order valence-electron chi connectivity index (χ1n) is 9.11. The molecule has 1 aromatic heterocycles. The number of fused-ring (bicyclic) bond motifs is 1. The van der Waals surface area contributed by atoms with Crippen LogP contribution in [-0.2, 0) is 20.4 Å². The number of H-pyrrole nitrogens is 1. The van der Waals surface area contributed by atoms with Crippen LogP contribution in [0.2, 0.25) is 10.0 Å². The molecule has 1 amide bonds. The molecule has 0 aliphatic carbocycles. The van der Waals surface area contributed by atoms with Gasteiger partial charge in [0.1, 0.15) is 5.82 Å². The largest absolute Gasteiger partial charge is 0.421 e. The molecular weight excluding hydrogens is 524 g/mol. The molecule has 0 spiro atoms. The van der Waals surface area contributed by atoms with Crippen LogP contribution in [0.15, 0.2) is 63.0 Å². The first-order chi connectivity index (χ1) is 15.8. The van der Waals surface area contributed by atoms with E-state index in [1.54, 1.807) is 4.98 Å². The summed E-state index contributed by atoms with van der Waals surface area (Å²) in [7, 11) is -5.03. The second-order valence-electron chi connectivity index (χ2n) is 7.06. The lowest BCUT2D eigenvalue weighted by Gasteiger charge is -2.29. The molecule has 1 aliphatic rings. The number of rotatable bonds is 4. The number of anilines is 1. The van der Waals surface area contributed by atoms with E-state index >= 15 is 0 Å². The van der Waals surface area contributed by atoms with Gasteiger partial charge in [0.05, 0.1) is 16.1 Å². The van der Waals surface area contributed by atoms with E-state index in [0.29, 0.717) is 4.57 Å². The van der Waals surface area contributed by atoms with Gasteiger partial charge in [-0.05, 0) is 48.5 Å². The molecule has 2 aromatic carbocycles. The van der Waals surface area contributed by atoms with Crippen molar-refractivity contribution in [2.45, 2.75) is 16.6 Å².